The van der Waals surface area contributed by atoms with E-state index in [9.17, 15) is 30.4 Å². The molecule has 0 heterocycles. The van der Waals surface area contributed by atoms with Gasteiger partial charge < -0.3 is 11.1 Å². The van der Waals surface area contributed by atoms with Gasteiger partial charge in [-0.2, -0.15) is 30.4 Å². The van der Waals surface area contributed by atoms with Crippen LogP contribution in [0.5, 0.6) is 0 Å². The van der Waals surface area contributed by atoms with Crippen molar-refractivity contribution in [2.24, 2.45) is 5.73 Å². The van der Waals surface area contributed by atoms with Crippen LogP contribution in [-0.4, -0.2) is 36.7 Å². The van der Waals surface area contributed by atoms with E-state index in [0.29, 0.717) is 0 Å². The van der Waals surface area contributed by atoms with Crippen LogP contribution in [-0.2, 0) is 10.1 Å². The molecule has 0 amide bonds. The number of benzene rings is 1. The largest absolute Gasteiger partial charge is 0.453 e. The van der Waals surface area contributed by atoms with Crippen molar-refractivity contribution in [3.05, 3.63) is 29.8 Å². The first-order valence-electron chi connectivity index (χ1n) is 6.69. The average molecular weight is 408 g/mol. The Morgan fingerprint density at radius 3 is 2.04 bits per heavy atom. The van der Waals surface area contributed by atoms with E-state index < -0.39 is 28.6 Å². The maximum Gasteiger partial charge on any atom is 0.453 e. The van der Waals surface area contributed by atoms with Crippen molar-refractivity contribution in [2.45, 2.75) is 36.8 Å². The highest BCUT2D eigenvalue weighted by Crippen LogP contribution is 2.38. The normalized spacial score (nSPS) is 12.1. The molecule has 5 nitrogen and oxygen atoms in total. The number of hydrogen-bond donors (Lipinski definition) is 3. The summed E-state index contributed by atoms with van der Waals surface area (Å²) in [4.78, 5) is -0.0666. The molecule has 0 aliphatic heterocycles. The minimum absolute atomic E-state index is 0.0666. The van der Waals surface area contributed by atoms with Crippen LogP contribution in [0.2, 0.25) is 0 Å². The molecule has 0 radical (unpaired) electrons. The molecule has 1 aromatic carbocycles. The fourth-order valence-corrected chi connectivity index (χ4v) is 1.96. The Labute approximate surface area is 147 Å². The molecule has 0 fully saturated rings. The van der Waals surface area contributed by atoms with Gasteiger partial charge in [-0.15, -0.1) is 0 Å². The lowest BCUT2D eigenvalue weighted by Crippen LogP contribution is -2.37. The number of halogens is 5. The van der Waals surface area contributed by atoms with Crippen LogP contribution >= 0.6 is 12.2 Å². The Hall–Kier alpha value is -1.53. The van der Waals surface area contributed by atoms with Gasteiger partial charge in [-0.3, -0.25) is 4.55 Å². The average Bonchev–Trinajstić information content (AvgIpc) is 2.42. The molecule has 0 aliphatic rings. The number of aryl methyl sites for hydroxylation is 1. The summed E-state index contributed by atoms with van der Waals surface area (Å²) in [5.74, 6) is -4.65. The molecule has 1 rings (SSSR count). The molecule has 12 heteroatoms. The first kappa shape index (κ1) is 23.5. The van der Waals surface area contributed by atoms with Crippen LogP contribution < -0.4 is 11.1 Å². The quantitative estimate of drug-likeness (QED) is 0.300. The molecule has 0 bridgehead atoms. The Balaban J connectivity index is 0.000000472. The Morgan fingerprint density at radius 2 is 1.68 bits per heavy atom. The van der Waals surface area contributed by atoms with Crippen molar-refractivity contribution in [2.75, 3.05) is 6.54 Å². The van der Waals surface area contributed by atoms with Gasteiger partial charge in [-0.05, 0) is 37.7 Å². The molecule has 0 aromatic heterocycles. The molecule has 0 atom stereocenters. The number of nitrogens with two attached hydrogens (primary N) is 1. The lowest BCUT2D eigenvalue weighted by molar-refractivity contribution is -0.284. The van der Waals surface area contributed by atoms with E-state index in [0.717, 1.165) is 5.56 Å². The SMILES string of the molecule is Cc1ccc(S(=O)(=O)O)cc1.NC(=S)NCCCC(F)(F)C(F)(F)F. The zero-order valence-corrected chi connectivity index (χ0v) is 14.6. The third-order valence-electron chi connectivity index (χ3n) is 2.70. The Kier molecular flexibility index (Phi) is 8.68. The van der Waals surface area contributed by atoms with E-state index in [4.69, 9.17) is 10.3 Å². The van der Waals surface area contributed by atoms with E-state index in [2.05, 4.69) is 17.5 Å². The standard InChI is InChI=1S/C7H8O3S.C6H9F5N2S/c1-6-2-4-7(5-3-6)11(8,9)10;7-5(8,6(9,10)11)2-1-3-13-4(12)14/h2-5H,1H3,(H,8,9,10);1-3H2,(H3,12,13,14). The molecular formula is C13H17F5N2O3S2. The third-order valence-corrected chi connectivity index (χ3v) is 3.71. The van der Waals surface area contributed by atoms with E-state index in [-0.39, 0.29) is 23.0 Å². The predicted molar refractivity (Wildman–Crippen MR) is 86.0 cm³/mol. The molecule has 0 saturated carbocycles. The minimum atomic E-state index is -5.49. The lowest BCUT2D eigenvalue weighted by Gasteiger charge is -2.19. The number of hydrogen-bond acceptors (Lipinski definition) is 3. The van der Waals surface area contributed by atoms with Crippen LogP contribution in [0.1, 0.15) is 18.4 Å². The summed E-state index contributed by atoms with van der Waals surface area (Å²) < 4.78 is 88.8. The van der Waals surface area contributed by atoms with Gasteiger partial charge in [-0.1, -0.05) is 17.7 Å². The van der Waals surface area contributed by atoms with Gasteiger partial charge in [0.2, 0.25) is 0 Å². The predicted octanol–water partition coefficient (Wildman–Crippen LogP) is 3.04. The molecule has 0 unspecified atom stereocenters. The zero-order chi connectivity index (χ0) is 19.9. The maximum absolute atomic E-state index is 12.2. The summed E-state index contributed by atoms with van der Waals surface area (Å²) >= 11 is 4.33. The van der Waals surface area contributed by atoms with E-state index in [1.54, 1.807) is 12.1 Å². The second-order valence-electron chi connectivity index (χ2n) is 4.88. The molecule has 144 valence electrons. The highest BCUT2D eigenvalue weighted by atomic mass is 32.2. The molecule has 0 saturated heterocycles. The van der Waals surface area contributed by atoms with Crippen LogP contribution in [0.3, 0.4) is 0 Å². The summed E-state index contributed by atoms with van der Waals surface area (Å²) in [5.41, 5.74) is 5.89. The third kappa shape index (κ3) is 9.51. The topological polar surface area (TPSA) is 92.4 Å². The van der Waals surface area contributed by atoms with Gasteiger partial charge in [0.05, 0.1) is 4.90 Å². The van der Waals surface area contributed by atoms with Crippen LogP contribution in [0.25, 0.3) is 0 Å². The Morgan fingerprint density at radius 1 is 1.20 bits per heavy atom. The van der Waals surface area contributed by atoms with Crippen molar-refractivity contribution in [1.82, 2.24) is 5.32 Å². The molecule has 0 spiro atoms. The Bertz CT molecular complexity index is 661. The first-order chi connectivity index (χ1) is 11.2. The van der Waals surface area contributed by atoms with Gasteiger partial charge in [0, 0.05) is 13.0 Å². The molecule has 4 N–H and O–H groups in total. The zero-order valence-electron chi connectivity index (χ0n) is 13.0. The van der Waals surface area contributed by atoms with E-state index in [1.165, 1.54) is 12.1 Å². The fourth-order valence-electron chi connectivity index (χ4n) is 1.37. The summed E-state index contributed by atoms with van der Waals surface area (Å²) in [6.45, 7) is 1.74. The summed E-state index contributed by atoms with van der Waals surface area (Å²) in [6, 6.07) is 5.99. The molecule has 1 aromatic rings. The number of alkyl halides is 5. The second kappa shape index (κ2) is 9.25. The lowest BCUT2D eigenvalue weighted by atomic mass is 10.2. The minimum Gasteiger partial charge on any atom is -0.376 e. The number of rotatable bonds is 5. The van der Waals surface area contributed by atoms with Gasteiger partial charge in [-0.25, -0.2) is 0 Å². The summed E-state index contributed by atoms with van der Waals surface area (Å²) in [6.07, 6.45) is -7.12. The van der Waals surface area contributed by atoms with Crippen LogP contribution in [0, 0.1) is 6.92 Å². The maximum atomic E-state index is 12.2. The van der Waals surface area contributed by atoms with Gasteiger partial charge >= 0.3 is 12.1 Å². The number of thiocarbonyl (C=S) groups is 1. The van der Waals surface area contributed by atoms with E-state index in [1.807, 2.05) is 6.92 Å². The van der Waals surface area contributed by atoms with Crippen molar-refractivity contribution in [1.29, 1.82) is 0 Å². The molecule has 25 heavy (non-hydrogen) atoms. The summed E-state index contributed by atoms with van der Waals surface area (Å²) in [5, 5.41) is 2.15. The van der Waals surface area contributed by atoms with Crippen molar-refractivity contribution in [3.8, 4) is 0 Å². The smallest absolute Gasteiger partial charge is 0.376 e. The molecular weight excluding hydrogens is 391 g/mol. The fraction of sp³-hybridized carbons (Fsp3) is 0.462. The number of nitrogens with one attached hydrogen (secondary N) is 1. The summed E-state index contributed by atoms with van der Waals surface area (Å²) in [7, 11) is -4.02. The monoisotopic (exact) mass is 408 g/mol. The van der Waals surface area contributed by atoms with Gasteiger partial charge in [0.1, 0.15) is 0 Å². The molecule has 0 aliphatic carbocycles. The van der Waals surface area contributed by atoms with Crippen molar-refractivity contribution >= 4 is 27.4 Å². The van der Waals surface area contributed by atoms with Gasteiger partial charge in [0.15, 0.2) is 5.11 Å². The highest BCUT2D eigenvalue weighted by molar-refractivity contribution is 7.85. The van der Waals surface area contributed by atoms with Crippen molar-refractivity contribution in [3.63, 3.8) is 0 Å². The van der Waals surface area contributed by atoms with E-state index >= 15 is 0 Å². The second-order valence-corrected chi connectivity index (χ2v) is 6.75. The van der Waals surface area contributed by atoms with Crippen molar-refractivity contribution < 1.29 is 34.9 Å². The van der Waals surface area contributed by atoms with Gasteiger partial charge in [0.25, 0.3) is 10.1 Å². The highest BCUT2D eigenvalue weighted by Gasteiger charge is 2.56. The van der Waals surface area contributed by atoms with Crippen LogP contribution in [0.4, 0.5) is 22.0 Å². The first-order valence-corrected chi connectivity index (χ1v) is 8.53. The van der Waals surface area contributed by atoms with Crippen LogP contribution in [0.15, 0.2) is 29.2 Å².